The molecule has 1 heterocycles. The number of fused-ring (bicyclic) bond motifs is 5. The molecule has 2 aliphatic carbocycles. The van der Waals surface area contributed by atoms with Crippen molar-refractivity contribution in [1.82, 2.24) is 4.90 Å². The Labute approximate surface area is 127 Å². The monoisotopic (exact) mass is 302 g/mol. The SMILES string of the molecule is O=C1[C@@H]2[C@@H](C(=O)N1CNc1cccc(Cl)c1)[C@H]1C=C[C@@H]2C1. The molecule has 2 amide bonds. The Balaban J connectivity index is 1.50. The van der Waals surface area contributed by atoms with Crippen LogP contribution in [0.5, 0.6) is 0 Å². The number of anilines is 1. The fourth-order valence-electron chi connectivity index (χ4n) is 3.89. The number of carbonyl (C=O) groups excluding carboxylic acids is 2. The number of rotatable bonds is 3. The van der Waals surface area contributed by atoms with Gasteiger partial charge in [-0.25, -0.2) is 0 Å². The first-order chi connectivity index (χ1) is 10.1. The molecular formula is C16H15ClN2O2. The largest absolute Gasteiger partial charge is 0.367 e. The van der Waals surface area contributed by atoms with E-state index in [1.54, 1.807) is 12.1 Å². The number of halogens is 1. The van der Waals surface area contributed by atoms with Gasteiger partial charge in [-0.3, -0.25) is 14.5 Å². The third-order valence-corrected chi connectivity index (χ3v) is 5.06. The molecule has 0 spiro atoms. The van der Waals surface area contributed by atoms with Gasteiger partial charge in [0.15, 0.2) is 0 Å². The van der Waals surface area contributed by atoms with Gasteiger partial charge in [0, 0.05) is 10.7 Å². The van der Waals surface area contributed by atoms with E-state index < -0.39 is 0 Å². The van der Waals surface area contributed by atoms with Gasteiger partial charge in [0.05, 0.1) is 18.5 Å². The molecule has 2 bridgehead atoms. The van der Waals surface area contributed by atoms with Crippen molar-refractivity contribution < 1.29 is 9.59 Å². The number of benzene rings is 1. The number of nitrogens with zero attached hydrogens (tertiary/aromatic N) is 1. The molecule has 3 aliphatic rings. The molecule has 1 aromatic carbocycles. The van der Waals surface area contributed by atoms with Crippen molar-refractivity contribution in [2.24, 2.45) is 23.7 Å². The van der Waals surface area contributed by atoms with E-state index in [1.807, 2.05) is 12.1 Å². The third-order valence-electron chi connectivity index (χ3n) is 4.83. The van der Waals surface area contributed by atoms with Crippen LogP contribution in [0.3, 0.4) is 0 Å². The normalized spacial score (nSPS) is 32.9. The van der Waals surface area contributed by atoms with E-state index in [0.717, 1.165) is 12.1 Å². The van der Waals surface area contributed by atoms with Crippen molar-refractivity contribution in [3.05, 3.63) is 41.4 Å². The van der Waals surface area contributed by atoms with E-state index in [2.05, 4.69) is 17.5 Å². The Morgan fingerprint density at radius 1 is 1.14 bits per heavy atom. The summed E-state index contributed by atoms with van der Waals surface area (Å²) >= 11 is 5.93. The molecule has 1 aromatic rings. The van der Waals surface area contributed by atoms with E-state index in [0.29, 0.717) is 5.02 Å². The van der Waals surface area contributed by atoms with Gasteiger partial charge in [-0.1, -0.05) is 29.8 Å². The number of carbonyl (C=O) groups is 2. The van der Waals surface area contributed by atoms with Crippen molar-refractivity contribution >= 4 is 29.1 Å². The number of hydrogen-bond donors (Lipinski definition) is 1. The lowest BCUT2D eigenvalue weighted by Crippen LogP contribution is -2.37. The van der Waals surface area contributed by atoms with E-state index in [-0.39, 0.29) is 42.2 Å². The lowest BCUT2D eigenvalue weighted by molar-refractivity contribution is -0.140. The van der Waals surface area contributed by atoms with Crippen LogP contribution in [0, 0.1) is 23.7 Å². The lowest BCUT2D eigenvalue weighted by atomic mass is 9.85. The van der Waals surface area contributed by atoms with Gasteiger partial charge in [0.1, 0.15) is 0 Å². The molecular weight excluding hydrogens is 288 g/mol. The molecule has 21 heavy (non-hydrogen) atoms. The predicted octanol–water partition coefficient (Wildman–Crippen LogP) is 2.52. The summed E-state index contributed by atoms with van der Waals surface area (Å²) in [6.07, 6.45) is 5.16. The number of allylic oxidation sites excluding steroid dienone is 2. The lowest BCUT2D eigenvalue weighted by Gasteiger charge is -2.18. The molecule has 4 nitrogen and oxygen atoms in total. The van der Waals surface area contributed by atoms with Crippen LogP contribution >= 0.6 is 11.6 Å². The zero-order valence-corrected chi connectivity index (χ0v) is 12.1. The zero-order chi connectivity index (χ0) is 14.6. The number of hydrogen-bond acceptors (Lipinski definition) is 3. The van der Waals surface area contributed by atoms with Crippen LogP contribution < -0.4 is 5.32 Å². The van der Waals surface area contributed by atoms with Crippen LogP contribution in [0.15, 0.2) is 36.4 Å². The van der Waals surface area contributed by atoms with Crippen molar-refractivity contribution in [1.29, 1.82) is 0 Å². The summed E-state index contributed by atoms with van der Waals surface area (Å²) in [5.41, 5.74) is 0.807. The van der Waals surface area contributed by atoms with Gasteiger partial charge >= 0.3 is 0 Å². The van der Waals surface area contributed by atoms with E-state index in [1.165, 1.54) is 4.90 Å². The molecule has 4 atom stereocenters. The van der Waals surface area contributed by atoms with E-state index in [4.69, 9.17) is 11.6 Å². The fourth-order valence-corrected chi connectivity index (χ4v) is 4.08. The maximum absolute atomic E-state index is 12.5. The first-order valence-electron chi connectivity index (χ1n) is 7.18. The van der Waals surface area contributed by atoms with E-state index >= 15 is 0 Å². The number of imide groups is 1. The predicted molar refractivity (Wildman–Crippen MR) is 79.5 cm³/mol. The summed E-state index contributed by atoms with van der Waals surface area (Å²) in [7, 11) is 0. The van der Waals surface area contributed by atoms with Crippen molar-refractivity contribution in [2.45, 2.75) is 6.42 Å². The minimum atomic E-state index is -0.131. The Bertz CT molecular complexity index is 627. The standard InChI is InChI=1S/C16H15ClN2O2/c17-11-2-1-3-12(7-11)18-8-19-15(20)13-9-4-5-10(6-9)14(13)16(19)21/h1-5,7,9-10,13-14,18H,6,8H2/t9-,10+,13-,14-/m0/s1. The second-order valence-electron chi connectivity index (χ2n) is 5.95. The molecule has 0 unspecified atom stereocenters. The molecule has 1 saturated carbocycles. The minimum absolute atomic E-state index is 0.0311. The molecule has 0 radical (unpaired) electrons. The molecule has 0 aromatic heterocycles. The smallest absolute Gasteiger partial charge is 0.235 e. The highest BCUT2D eigenvalue weighted by atomic mass is 35.5. The summed E-state index contributed by atoms with van der Waals surface area (Å²) < 4.78 is 0. The molecule has 1 N–H and O–H groups in total. The van der Waals surface area contributed by atoms with Gasteiger partial charge in [0.2, 0.25) is 11.8 Å². The first kappa shape index (κ1) is 12.9. The van der Waals surface area contributed by atoms with Crippen LogP contribution in [0.2, 0.25) is 5.02 Å². The van der Waals surface area contributed by atoms with Gasteiger partial charge in [-0.2, -0.15) is 0 Å². The zero-order valence-electron chi connectivity index (χ0n) is 11.3. The molecule has 2 fully saturated rings. The number of nitrogens with one attached hydrogen (secondary N) is 1. The summed E-state index contributed by atoms with van der Waals surface area (Å²) in [5, 5.41) is 3.73. The summed E-state index contributed by atoms with van der Waals surface area (Å²) in [4.78, 5) is 26.3. The molecule has 108 valence electrons. The van der Waals surface area contributed by atoms with E-state index in [9.17, 15) is 9.59 Å². The fraction of sp³-hybridized carbons (Fsp3) is 0.375. The van der Waals surface area contributed by atoms with Crippen LogP contribution in [0.1, 0.15) is 6.42 Å². The van der Waals surface area contributed by atoms with Crippen LogP contribution in [-0.2, 0) is 9.59 Å². The average Bonchev–Trinajstić information content (AvgIpc) is 3.12. The Hall–Kier alpha value is -1.81. The maximum Gasteiger partial charge on any atom is 0.235 e. The topological polar surface area (TPSA) is 49.4 Å². The van der Waals surface area contributed by atoms with Crippen molar-refractivity contribution in [3.8, 4) is 0 Å². The van der Waals surface area contributed by atoms with Gasteiger partial charge in [-0.05, 0) is 36.5 Å². The van der Waals surface area contributed by atoms with Crippen molar-refractivity contribution in [2.75, 3.05) is 12.0 Å². The highest BCUT2D eigenvalue weighted by molar-refractivity contribution is 6.30. The van der Waals surface area contributed by atoms with Gasteiger partial charge < -0.3 is 5.32 Å². The summed E-state index contributed by atoms with van der Waals surface area (Å²) in [5.74, 6) is 0.190. The first-order valence-corrected chi connectivity index (χ1v) is 7.56. The highest BCUT2D eigenvalue weighted by Crippen LogP contribution is 2.52. The number of amides is 2. The van der Waals surface area contributed by atoms with Gasteiger partial charge in [-0.15, -0.1) is 0 Å². The molecule has 1 aliphatic heterocycles. The highest BCUT2D eigenvalue weighted by Gasteiger charge is 2.59. The van der Waals surface area contributed by atoms with Crippen LogP contribution in [0.25, 0.3) is 0 Å². The summed E-state index contributed by atoms with van der Waals surface area (Å²) in [6, 6.07) is 7.26. The Kier molecular flexibility index (Phi) is 2.82. The molecule has 1 saturated heterocycles. The molecule has 5 heteroatoms. The minimum Gasteiger partial charge on any atom is -0.367 e. The Morgan fingerprint density at radius 2 is 1.81 bits per heavy atom. The van der Waals surface area contributed by atoms with Crippen molar-refractivity contribution in [3.63, 3.8) is 0 Å². The second kappa shape index (κ2) is 4.60. The van der Waals surface area contributed by atoms with Crippen LogP contribution in [0.4, 0.5) is 5.69 Å². The average molecular weight is 303 g/mol. The second-order valence-corrected chi connectivity index (χ2v) is 6.39. The Morgan fingerprint density at radius 3 is 2.43 bits per heavy atom. The number of likely N-dealkylation sites (tertiary alicyclic amines) is 1. The van der Waals surface area contributed by atoms with Crippen LogP contribution in [-0.4, -0.2) is 23.4 Å². The molecule has 4 rings (SSSR count). The quantitative estimate of drug-likeness (QED) is 0.689. The third kappa shape index (κ3) is 1.89. The summed E-state index contributed by atoms with van der Waals surface area (Å²) in [6.45, 7) is 0.213. The maximum atomic E-state index is 12.5. The van der Waals surface area contributed by atoms with Gasteiger partial charge in [0.25, 0.3) is 0 Å².